The first-order valence-corrected chi connectivity index (χ1v) is 18.0. The van der Waals surface area contributed by atoms with Gasteiger partial charge in [0.2, 0.25) is 0 Å². The van der Waals surface area contributed by atoms with E-state index in [9.17, 15) is 0 Å². The van der Waals surface area contributed by atoms with Crippen LogP contribution in [-0.4, -0.2) is 18.9 Å². The van der Waals surface area contributed by atoms with Crippen LogP contribution in [0.4, 0.5) is 0 Å². The second kappa shape index (κ2) is 9.75. The maximum Gasteiger partial charge on any atom is 0.197 e. The summed E-state index contributed by atoms with van der Waals surface area (Å²) in [4.78, 5) is 10.7. The van der Waals surface area contributed by atoms with Crippen LogP contribution in [0.1, 0.15) is 0 Å². The summed E-state index contributed by atoms with van der Waals surface area (Å²) in [5.74, 6) is 1.39. The zero-order valence-corrected chi connectivity index (χ0v) is 28.2. The predicted molar refractivity (Wildman–Crippen MR) is 219 cm³/mol. The maximum absolute atomic E-state index is 6.75. The second-order valence-electron chi connectivity index (χ2n) is 14.1. The Morgan fingerprint density at radius 2 is 1.13 bits per heavy atom. The van der Waals surface area contributed by atoms with E-state index in [1.807, 2.05) is 18.2 Å². The van der Waals surface area contributed by atoms with Gasteiger partial charge in [-0.25, -0.2) is 9.97 Å². The van der Waals surface area contributed by atoms with Gasteiger partial charge in [0.1, 0.15) is 11.1 Å². The van der Waals surface area contributed by atoms with Gasteiger partial charge >= 0.3 is 0 Å². The molecule has 5 aromatic heterocycles. The molecular formula is C48H26N4O. The smallest absolute Gasteiger partial charge is 0.197 e. The van der Waals surface area contributed by atoms with Gasteiger partial charge in [-0.2, -0.15) is 0 Å². The molecule has 13 rings (SSSR count). The van der Waals surface area contributed by atoms with Gasteiger partial charge < -0.3 is 8.82 Å². The molecule has 0 aliphatic rings. The topological polar surface area (TPSA) is 48.3 Å². The Morgan fingerprint density at radius 1 is 0.434 bits per heavy atom. The Hall–Kier alpha value is -7.24. The van der Waals surface area contributed by atoms with E-state index in [-0.39, 0.29) is 0 Å². The van der Waals surface area contributed by atoms with Crippen molar-refractivity contribution in [2.75, 3.05) is 0 Å². The average molecular weight is 675 g/mol. The summed E-state index contributed by atoms with van der Waals surface area (Å²) in [5, 5.41) is 13.1. The van der Waals surface area contributed by atoms with Gasteiger partial charge in [-0.05, 0) is 64.0 Å². The lowest BCUT2D eigenvalue weighted by Crippen LogP contribution is -2.02. The van der Waals surface area contributed by atoms with E-state index in [4.69, 9.17) is 14.4 Å². The van der Waals surface area contributed by atoms with Crippen LogP contribution in [-0.2, 0) is 0 Å². The van der Waals surface area contributed by atoms with Gasteiger partial charge in [0, 0.05) is 43.3 Å². The summed E-state index contributed by atoms with van der Waals surface area (Å²) < 4.78 is 11.6. The van der Waals surface area contributed by atoms with Crippen LogP contribution >= 0.6 is 0 Å². The number of nitrogens with zero attached hydrogens (tertiary/aromatic N) is 4. The monoisotopic (exact) mass is 674 g/mol. The molecule has 8 aromatic carbocycles. The van der Waals surface area contributed by atoms with E-state index >= 15 is 0 Å². The molecule has 13 aromatic rings. The molecule has 0 bridgehead atoms. The number of fused-ring (bicyclic) bond motifs is 16. The molecule has 5 heteroatoms. The summed E-state index contributed by atoms with van der Waals surface area (Å²) in [7, 11) is 0. The van der Waals surface area contributed by atoms with Crippen molar-refractivity contribution in [2.45, 2.75) is 0 Å². The molecule has 0 atom stereocenters. The third kappa shape index (κ3) is 3.46. The molecule has 0 spiro atoms. The van der Waals surface area contributed by atoms with E-state index in [0.717, 1.165) is 44.3 Å². The van der Waals surface area contributed by atoms with Crippen molar-refractivity contribution in [3.8, 4) is 17.2 Å². The lowest BCUT2D eigenvalue weighted by atomic mass is 10.00. The third-order valence-corrected chi connectivity index (χ3v) is 11.4. The third-order valence-electron chi connectivity index (χ3n) is 11.4. The number of benzene rings is 8. The van der Waals surface area contributed by atoms with Gasteiger partial charge in [-0.15, -0.1) is 0 Å². The number of furan rings is 1. The highest BCUT2D eigenvalue weighted by molar-refractivity contribution is 6.36. The zero-order chi connectivity index (χ0) is 34.4. The van der Waals surface area contributed by atoms with E-state index in [1.165, 1.54) is 65.0 Å². The molecule has 0 N–H and O–H groups in total. The first-order chi connectivity index (χ1) is 26.3. The fourth-order valence-electron chi connectivity index (χ4n) is 9.18. The van der Waals surface area contributed by atoms with Crippen molar-refractivity contribution in [2.24, 2.45) is 0 Å². The van der Waals surface area contributed by atoms with Crippen molar-refractivity contribution < 1.29 is 4.42 Å². The maximum atomic E-state index is 6.75. The molecule has 0 amide bonds. The fraction of sp³-hybridized carbons (Fsp3) is 0. The highest BCUT2D eigenvalue weighted by Gasteiger charge is 2.27. The van der Waals surface area contributed by atoms with Crippen LogP contribution in [0.5, 0.6) is 0 Å². The van der Waals surface area contributed by atoms with E-state index in [1.54, 1.807) is 0 Å². The number of hydrogen-bond acceptors (Lipinski definition) is 3. The molecule has 244 valence electrons. The molecule has 0 saturated carbocycles. The van der Waals surface area contributed by atoms with Crippen LogP contribution in [0.2, 0.25) is 0 Å². The summed E-state index contributed by atoms with van der Waals surface area (Å²) in [6, 6.07) is 56.3. The lowest BCUT2D eigenvalue weighted by molar-refractivity contribution is 0.662. The first kappa shape index (κ1) is 27.5. The molecule has 5 heterocycles. The van der Waals surface area contributed by atoms with E-state index in [2.05, 4.69) is 148 Å². The van der Waals surface area contributed by atoms with E-state index < -0.39 is 0 Å². The Balaban J connectivity index is 1.26. The van der Waals surface area contributed by atoms with Gasteiger partial charge in [0.25, 0.3) is 0 Å². The molecule has 53 heavy (non-hydrogen) atoms. The number of aromatic nitrogens is 4. The van der Waals surface area contributed by atoms with Gasteiger partial charge in [0.15, 0.2) is 17.2 Å². The van der Waals surface area contributed by atoms with Gasteiger partial charge in [-0.3, -0.25) is 4.57 Å². The molecule has 0 aliphatic carbocycles. The molecule has 0 aliphatic heterocycles. The summed E-state index contributed by atoms with van der Waals surface area (Å²) in [6.45, 7) is 0. The molecule has 0 saturated heterocycles. The highest BCUT2D eigenvalue weighted by Crippen LogP contribution is 2.48. The van der Waals surface area contributed by atoms with Crippen LogP contribution in [0, 0.1) is 0 Å². The summed E-state index contributed by atoms with van der Waals surface area (Å²) in [6.07, 6.45) is 0. The van der Waals surface area contributed by atoms with Crippen LogP contribution in [0.3, 0.4) is 0 Å². The van der Waals surface area contributed by atoms with Gasteiger partial charge in [-0.1, -0.05) is 115 Å². The Labute approximate surface area is 300 Å². The normalized spacial score (nSPS) is 12.5. The number of para-hydroxylation sites is 3. The highest BCUT2D eigenvalue weighted by atomic mass is 16.3. The van der Waals surface area contributed by atoms with Crippen LogP contribution in [0.15, 0.2) is 162 Å². The Morgan fingerprint density at radius 3 is 2.02 bits per heavy atom. The van der Waals surface area contributed by atoms with Gasteiger partial charge in [0.05, 0.1) is 27.6 Å². The molecule has 0 radical (unpaired) electrons. The van der Waals surface area contributed by atoms with Crippen molar-refractivity contribution in [1.82, 2.24) is 18.9 Å². The van der Waals surface area contributed by atoms with Crippen LogP contribution in [0.25, 0.3) is 121 Å². The minimum atomic E-state index is 0.661. The first-order valence-electron chi connectivity index (χ1n) is 18.0. The Kier molecular flexibility index (Phi) is 5.06. The molecular weight excluding hydrogens is 649 g/mol. The van der Waals surface area contributed by atoms with Crippen molar-refractivity contribution in [1.29, 1.82) is 0 Å². The molecule has 0 fully saturated rings. The van der Waals surface area contributed by atoms with Crippen molar-refractivity contribution in [3.05, 3.63) is 158 Å². The minimum absolute atomic E-state index is 0.661. The van der Waals surface area contributed by atoms with Crippen LogP contribution < -0.4 is 0 Å². The lowest BCUT2D eigenvalue weighted by Gasteiger charge is -2.11. The Bertz CT molecular complexity index is 3700. The average Bonchev–Trinajstić information content (AvgIpc) is 3.96. The van der Waals surface area contributed by atoms with Crippen molar-refractivity contribution in [3.63, 3.8) is 0 Å². The standard InChI is InChI=1S/C48H26N4O/c1-2-13-29-25-30(22-21-27(29)11-1)47-49-43-34-17-7-10-20-40(34)53-46(43)48(50-47)52-37-18-8-5-15-32(37)35-26-36-41-31-14-4-3-12-28(31)23-24-39(41)51-38-19-9-6-16-33(38)42(44(35)52)45(36)51/h1-26H. The number of rotatable bonds is 2. The quantitative estimate of drug-likeness (QED) is 0.183. The summed E-state index contributed by atoms with van der Waals surface area (Å²) >= 11 is 0. The SMILES string of the molecule is c1ccc2cc(-c3nc(-n4c5ccccc5c5cc6c7c8ccccc8ccc7n7c8ccccc8c(c54)c67)c4oc5ccccc5c4n3)ccc2c1. The molecule has 0 unspecified atom stereocenters. The van der Waals surface area contributed by atoms with E-state index in [0.29, 0.717) is 11.4 Å². The minimum Gasteiger partial charge on any atom is -0.450 e. The zero-order valence-electron chi connectivity index (χ0n) is 28.2. The summed E-state index contributed by atoms with van der Waals surface area (Å²) in [5.41, 5.74) is 9.04. The number of hydrogen-bond donors (Lipinski definition) is 0. The largest absolute Gasteiger partial charge is 0.450 e. The molecule has 5 nitrogen and oxygen atoms in total. The van der Waals surface area contributed by atoms with Crippen molar-refractivity contribution >= 4 is 104 Å². The fourth-order valence-corrected chi connectivity index (χ4v) is 9.18. The second-order valence-corrected chi connectivity index (χ2v) is 14.1. The predicted octanol–water partition coefficient (Wildman–Crippen LogP) is 12.6.